The van der Waals surface area contributed by atoms with Crippen LogP contribution in [-0.4, -0.2) is 27.9 Å². The van der Waals surface area contributed by atoms with Gasteiger partial charge in [0.1, 0.15) is 11.8 Å². The van der Waals surface area contributed by atoms with Crippen LogP contribution < -0.4 is 5.32 Å². The molecule has 0 saturated carbocycles. The van der Waals surface area contributed by atoms with Crippen LogP contribution in [0.4, 0.5) is 0 Å². The van der Waals surface area contributed by atoms with Crippen LogP contribution in [0, 0.1) is 11.8 Å². The minimum atomic E-state index is -0.924. The second-order valence-electron chi connectivity index (χ2n) is 4.38. The highest BCUT2D eigenvalue weighted by atomic mass is 32.1. The standard InChI is InChI=1S/C11H19NO3S/c1-6(2)9(11(14)15)12-10(16)7(3)5-8(4)13/h6-7,9H,5H2,1-4H3,(H,12,16)(H,14,15)/t7?,9-/m0/s1. The zero-order chi connectivity index (χ0) is 12.9. The largest absolute Gasteiger partial charge is 0.480 e. The van der Waals surface area contributed by atoms with E-state index in [9.17, 15) is 9.59 Å². The van der Waals surface area contributed by atoms with E-state index < -0.39 is 12.0 Å². The number of carboxylic acid groups (broad SMARTS) is 1. The van der Waals surface area contributed by atoms with Crippen molar-refractivity contribution in [2.45, 2.75) is 40.2 Å². The lowest BCUT2D eigenvalue weighted by Crippen LogP contribution is -2.45. The molecule has 5 heteroatoms. The minimum Gasteiger partial charge on any atom is -0.480 e. The molecule has 0 fully saturated rings. The third-order valence-electron chi connectivity index (χ3n) is 2.27. The van der Waals surface area contributed by atoms with E-state index in [1.54, 1.807) is 0 Å². The first-order valence-electron chi connectivity index (χ1n) is 5.28. The summed E-state index contributed by atoms with van der Waals surface area (Å²) >= 11 is 5.08. The summed E-state index contributed by atoms with van der Waals surface area (Å²) in [6, 6.07) is -0.693. The average molecular weight is 245 g/mol. The Kier molecular flexibility index (Phi) is 6.18. The zero-order valence-corrected chi connectivity index (χ0v) is 10.9. The summed E-state index contributed by atoms with van der Waals surface area (Å²) in [5.74, 6) is -1.05. The molecule has 0 amide bonds. The summed E-state index contributed by atoms with van der Waals surface area (Å²) in [6.45, 7) is 6.93. The number of Topliss-reactive ketones (excluding diaryl/α,β-unsaturated/α-hetero) is 1. The van der Waals surface area contributed by atoms with Crippen LogP contribution in [0.2, 0.25) is 0 Å². The van der Waals surface area contributed by atoms with Crippen molar-refractivity contribution in [2.24, 2.45) is 11.8 Å². The molecule has 0 rings (SSSR count). The SMILES string of the molecule is CC(=O)CC(C)C(=S)N[C@H](C(=O)O)C(C)C. The molecule has 16 heavy (non-hydrogen) atoms. The van der Waals surface area contributed by atoms with Crippen molar-refractivity contribution in [1.29, 1.82) is 0 Å². The van der Waals surface area contributed by atoms with Gasteiger partial charge in [0, 0.05) is 12.3 Å². The summed E-state index contributed by atoms with van der Waals surface area (Å²) in [5.41, 5.74) is 0. The number of hydrogen-bond acceptors (Lipinski definition) is 3. The van der Waals surface area contributed by atoms with Gasteiger partial charge in [-0.3, -0.25) is 0 Å². The van der Waals surface area contributed by atoms with Crippen LogP contribution in [-0.2, 0) is 9.59 Å². The van der Waals surface area contributed by atoms with Gasteiger partial charge < -0.3 is 15.2 Å². The predicted molar refractivity (Wildman–Crippen MR) is 66.5 cm³/mol. The van der Waals surface area contributed by atoms with Crippen molar-refractivity contribution in [3.05, 3.63) is 0 Å². The molecule has 0 aliphatic carbocycles. The molecule has 0 aliphatic rings. The molecule has 0 aliphatic heterocycles. The molecule has 0 aromatic carbocycles. The van der Waals surface area contributed by atoms with Gasteiger partial charge in [-0.2, -0.15) is 0 Å². The second-order valence-corrected chi connectivity index (χ2v) is 4.82. The fourth-order valence-corrected chi connectivity index (χ4v) is 1.54. The number of hydrogen-bond donors (Lipinski definition) is 2. The molecule has 0 saturated heterocycles. The lowest BCUT2D eigenvalue weighted by atomic mass is 10.0. The van der Waals surface area contributed by atoms with Crippen LogP contribution >= 0.6 is 12.2 Å². The van der Waals surface area contributed by atoms with E-state index in [-0.39, 0.29) is 17.6 Å². The Labute approximate surface area is 101 Å². The van der Waals surface area contributed by atoms with Gasteiger partial charge in [0.05, 0.1) is 4.99 Å². The first kappa shape index (κ1) is 15.0. The Balaban J connectivity index is 4.40. The molecule has 0 bridgehead atoms. The zero-order valence-electron chi connectivity index (χ0n) is 10.1. The summed E-state index contributed by atoms with van der Waals surface area (Å²) in [6.07, 6.45) is 0.344. The van der Waals surface area contributed by atoms with Crippen LogP contribution in [0.1, 0.15) is 34.1 Å². The normalized spacial score (nSPS) is 14.3. The van der Waals surface area contributed by atoms with Gasteiger partial charge in [0.15, 0.2) is 0 Å². The molecule has 0 heterocycles. The molecule has 92 valence electrons. The monoisotopic (exact) mass is 245 g/mol. The molecule has 0 spiro atoms. The van der Waals surface area contributed by atoms with E-state index >= 15 is 0 Å². The van der Waals surface area contributed by atoms with Gasteiger partial charge in [-0.1, -0.05) is 33.0 Å². The van der Waals surface area contributed by atoms with E-state index in [1.165, 1.54) is 6.92 Å². The number of ketones is 1. The van der Waals surface area contributed by atoms with Gasteiger partial charge in [-0.25, -0.2) is 4.79 Å². The number of rotatable bonds is 6. The third kappa shape index (κ3) is 5.21. The van der Waals surface area contributed by atoms with Crippen LogP contribution in [0.3, 0.4) is 0 Å². The molecular formula is C11H19NO3S. The Morgan fingerprint density at radius 2 is 1.81 bits per heavy atom. The quantitative estimate of drug-likeness (QED) is 0.696. The number of thiocarbonyl (C=S) groups is 1. The number of carbonyl (C=O) groups is 2. The van der Waals surface area contributed by atoms with Crippen molar-refractivity contribution in [3.63, 3.8) is 0 Å². The second kappa shape index (κ2) is 6.58. The molecule has 0 aromatic heterocycles. The first-order valence-corrected chi connectivity index (χ1v) is 5.69. The average Bonchev–Trinajstić information content (AvgIpc) is 2.11. The highest BCUT2D eigenvalue weighted by Crippen LogP contribution is 2.08. The predicted octanol–water partition coefficient (Wildman–Crippen LogP) is 1.63. The van der Waals surface area contributed by atoms with Gasteiger partial charge in [-0.15, -0.1) is 0 Å². The molecule has 4 nitrogen and oxygen atoms in total. The Hall–Kier alpha value is -0.970. The smallest absolute Gasteiger partial charge is 0.326 e. The van der Waals surface area contributed by atoms with Crippen molar-refractivity contribution in [1.82, 2.24) is 5.32 Å². The summed E-state index contributed by atoms with van der Waals surface area (Å²) in [7, 11) is 0. The van der Waals surface area contributed by atoms with Crippen LogP contribution in [0.25, 0.3) is 0 Å². The third-order valence-corrected chi connectivity index (χ3v) is 2.79. The molecule has 2 atom stereocenters. The van der Waals surface area contributed by atoms with E-state index in [0.717, 1.165) is 0 Å². The topological polar surface area (TPSA) is 66.4 Å². The first-order chi connectivity index (χ1) is 7.25. The fraction of sp³-hybridized carbons (Fsp3) is 0.727. The van der Waals surface area contributed by atoms with Crippen molar-refractivity contribution in [2.75, 3.05) is 0 Å². The molecular weight excluding hydrogens is 226 g/mol. The summed E-state index contributed by atoms with van der Waals surface area (Å²) in [5, 5.41) is 11.8. The minimum absolute atomic E-state index is 0.0491. The van der Waals surface area contributed by atoms with Gasteiger partial charge in [-0.05, 0) is 12.8 Å². The lowest BCUT2D eigenvalue weighted by Gasteiger charge is -2.22. The maximum atomic E-state index is 10.9. The van der Waals surface area contributed by atoms with Crippen molar-refractivity contribution in [3.8, 4) is 0 Å². The van der Waals surface area contributed by atoms with Gasteiger partial charge >= 0.3 is 5.97 Å². The van der Waals surface area contributed by atoms with Crippen molar-refractivity contribution < 1.29 is 14.7 Å². The molecule has 1 unspecified atom stereocenters. The summed E-state index contributed by atoms with van der Waals surface area (Å²) in [4.78, 5) is 22.3. The van der Waals surface area contributed by atoms with Crippen molar-refractivity contribution >= 4 is 29.0 Å². The number of carbonyl (C=O) groups excluding carboxylic acids is 1. The van der Waals surface area contributed by atoms with Gasteiger partial charge in [0.25, 0.3) is 0 Å². The van der Waals surface area contributed by atoms with Crippen LogP contribution in [0.5, 0.6) is 0 Å². The van der Waals surface area contributed by atoms with E-state index in [4.69, 9.17) is 17.3 Å². The Bertz CT molecular complexity index is 289. The maximum absolute atomic E-state index is 10.9. The van der Waals surface area contributed by atoms with E-state index in [0.29, 0.717) is 11.4 Å². The number of nitrogens with one attached hydrogen (secondary N) is 1. The lowest BCUT2D eigenvalue weighted by molar-refractivity contribution is -0.140. The molecule has 0 radical (unpaired) electrons. The molecule has 0 aromatic rings. The fourth-order valence-electron chi connectivity index (χ4n) is 1.33. The Morgan fingerprint density at radius 1 is 1.31 bits per heavy atom. The molecule has 2 N–H and O–H groups in total. The Morgan fingerprint density at radius 3 is 2.12 bits per heavy atom. The van der Waals surface area contributed by atoms with E-state index in [2.05, 4.69) is 5.32 Å². The van der Waals surface area contributed by atoms with Crippen LogP contribution in [0.15, 0.2) is 0 Å². The number of carboxylic acids is 1. The van der Waals surface area contributed by atoms with Gasteiger partial charge in [0.2, 0.25) is 0 Å². The maximum Gasteiger partial charge on any atom is 0.326 e. The number of aliphatic carboxylic acids is 1. The summed E-state index contributed by atoms with van der Waals surface area (Å²) < 4.78 is 0. The highest BCUT2D eigenvalue weighted by molar-refractivity contribution is 7.80. The van der Waals surface area contributed by atoms with E-state index in [1.807, 2.05) is 20.8 Å². The highest BCUT2D eigenvalue weighted by Gasteiger charge is 2.23.